The fraction of sp³-hybridized carbons (Fsp3) is 0.0769. The quantitative estimate of drug-likeness (QED) is 0.733. The molecule has 5 N–H and O–H groups in total. The highest BCUT2D eigenvalue weighted by atomic mass is 32.1. The Balaban J connectivity index is 2.33. The molecule has 0 fully saturated rings. The zero-order valence-electron chi connectivity index (χ0n) is 10.2. The Morgan fingerprint density at radius 1 is 1.20 bits per heavy atom. The summed E-state index contributed by atoms with van der Waals surface area (Å²) < 4.78 is 0. The molecule has 2 rings (SSSR count). The normalized spacial score (nSPS) is 9.85. The summed E-state index contributed by atoms with van der Waals surface area (Å²) in [6, 6.07) is 3.23. The molecule has 0 aliphatic carbocycles. The fourth-order valence-electron chi connectivity index (χ4n) is 1.48. The van der Waals surface area contributed by atoms with Crippen LogP contribution in [0, 0.1) is 11.8 Å². The monoisotopic (exact) mass is 306 g/mol. The summed E-state index contributed by atoms with van der Waals surface area (Å²) >= 11 is 2.44. The molecule has 2 aromatic heterocycles. The van der Waals surface area contributed by atoms with Crippen LogP contribution in [-0.2, 0) is 6.61 Å². The van der Waals surface area contributed by atoms with Gasteiger partial charge < -0.3 is 16.6 Å². The van der Waals surface area contributed by atoms with Crippen LogP contribution in [0.5, 0.6) is 0 Å². The Kier molecular flexibility index (Phi) is 4.20. The van der Waals surface area contributed by atoms with E-state index in [2.05, 4.69) is 11.8 Å². The van der Waals surface area contributed by atoms with E-state index < -0.39 is 11.8 Å². The highest BCUT2D eigenvalue weighted by molar-refractivity contribution is 7.15. The molecule has 2 aromatic rings. The molecule has 0 bridgehead atoms. The van der Waals surface area contributed by atoms with Crippen molar-refractivity contribution in [3.8, 4) is 11.8 Å². The third kappa shape index (κ3) is 3.05. The average molecular weight is 306 g/mol. The number of amides is 2. The first kappa shape index (κ1) is 14.3. The van der Waals surface area contributed by atoms with E-state index in [4.69, 9.17) is 16.6 Å². The maximum atomic E-state index is 11.2. The second-order valence-corrected chi connectivity index (χ2v) is 5.84. The molecule has 0 aromatic carbocycles. The lowest BCUT2D eigenvalue weighted by Gasteiger charge is -1.91. The number of carbonyl (C=O) groups is 2. The van der Waals surface area contributed by atoms with E-state index in [-0.39, 0.29) is 17.0 Å². The van der Waals surface area contributed by atoms with Crippen molar-refractivity contribution in [3.63, 3.8) is 0 Å². The highest BCUT2D eigenvalue weighted by Crippen LogP contribution is 2.21. The topological polar surface area (TPSA) is 106 Å². The molecule has 0 radical (unpaired) electrons. The van der Waals surface area contributed by atoms with Gasteiger partial charge in [0.2, 0.25) is 5.91 Å². The predicted molar refractivity (Wildman–Crippen MR) is 77.6 cm³/mol. The van der Waals surface area contributed by atoms with Crippen LogP contribution in [0.15, 0.2) is 17.5 Å². The average Bonchev–Trinajstić information content (AvgIpc) is 3.03. The van der Waals surface area contributed by atoms with Gasteiger partial charge in [0, 0.05) is 15.8 Å². The van der Waals surface area contributed by atoms with Crippen LogP contribution < -0.4 is 11.5 Å². The third-order valence-corrected chi connectivity index (χ3v) is 4.35. The van der Waals surface area contributed by atoms with Gasteiger partial charge in [-0.1, -0.05) is 11.8 Å². The number of primary amides is 2. The number of aliphatic hydroxyl groups excluding tert-OH is 1. The molecule has 0 saturated carbocycles. The van der Waals surface area contributed by atoms with Crippen LogP contribution in [-0.4, -0.2) is 16.9 Å². The van der Waals surface area contributed by atoms with Gasteiger partial charge in [0.15, 0.2) is 0 Å². The molecule has 2 heterocycles. The van der Waals surface area contributed by atoms with Gasteiger partial charge in [-0.2, -0.15) is 0 Å². The zero-order valence-corrected chi connectivity index (χ0v) is 11.8. The molecule has 0 aliphatic heterocycles. The van der Waals surface area contributed by atoms with E-state index in [1.165, 1.54) is 17.4 Å². The van der Waals surface area contributed by atoms with Crippen molar-refractivity contribution in [2.45, 2.75) is 6.61 Å². The lowest BCUT2D eigenvalue weighted by Crippen LogP contribution is -2.17. The molecule has 0 atom stereocenters. The van der Waals surface area contributed by atoms with Crippen LogP contribution >= 0.6 is 22.7 Å². The zero-order chi connectivity index (χ0) is 14.7. The number of hydrogen-bond acceptors (Lipinski definition) is 5. The van der Waals surface area contributed by atoms with Crippen molar-refractivity contribution in [1.29, 1.82) is 0 Å². The second kappa shape index (κ2) is 5.88. The van der Waals surface area contributed by atoms with Gasteiger partial charge in [0.25, 0.3) is 5.91 Å². The summed E-state index contributed by atoms with van der Waals surface area (Å²) in [7, 11) is 0. The maximum Gasteiger partial charge on any atom is 0.259 e. The van der Waals surface area contributed by atoms with Crippen LogP contribution in [0.4, 0.5) is 0 Å². The number of nitrogens with two attached hydrogens (primary N) is 2. The van der Waals surface area contributed by atoms with Crippen molar-refractivity contribution < 1.29 is 14.7 Å². The van der Waals surface area contributed by atoms with E-state index in [1.807, 2.05) is 5.38 Å². The molecule has 0 aliphatic rings. The molecule has 0 saturated heterocycles. The summed E-state index contributed by atoms with van der Waals surface area (Å²) in [5.74, 6) is 4.33. The summed E-state index contributed by atoms with van der Waals surface area (Å²) in [6.07, 6.45) is 0. The van der Waals surface area contributed by atoms with Gasteiger partial charge in [0.05, 0.1) is 17.0 Å². The second-order valence-electron chi connectivity index (χ2n) is 3.79. The lowest BCUT2D eigenvalue weighted by molar-refractivity contribution is 0.0970. The van der Waals surface area contributed by atoms with E-state index >= 15 is 0 Å². The van der Waals surface area contributed by atoms with Crippen LogP contribution in [0.25, 0.3) is 0 Å². The van der Waals surface area contributed by atoms with Gasteiger partial charge in [-0.05, 0) is 12.1 Å². The number of thiophene rings is 2. The van der Waals surface area contributed by atoms with E-state index in [0.717, 1.165) is 21.8 Å². The van der Waals surface area contributed by atoms with Gasteiger partial charge >= 0.3 is 0 Å². The Morgan fingerprint density at radius 2 is 1.95 bits per heavy atom. The minimum absolute atomic E-state index is 0.0248. The first-order valence-corrected chi connectivity index (χ1v) is 7.14. The molecular weight excluding hydrogens is 296 g/mol. The van der Waals surface area contributed by atoms with Crippen molar-refractivity contribution in [1.82, 2.24) is 0 Å². The number of carbonyl (C=O) groups excluding carboxylic acids is 2. The maximum absolute atomic E-state index is 11.2. The molecular formula is C13H10N2O3S2. The number of hydrogen-bond donors (Lipinski definition) is 3. The number of rotatable bonds is 3. The molecule has 5 nitrogen and oxygen atoms in total. The number of aliphatic hydroxyl groups is 1. The van der Waals surface area contributed by atoms with E-state index in [1.54, 1.807) is 6.07 Å². The van der Waals surface area contributed by atoms with Gasteiger partial charge in [-0.25, -0.2) is 0 Å². The van der Waals surface area contributed by atoms with Crippen LogP contribution in [0.1, 0.15) is 35.3 Å². The van der Waals surface area contributed by atoms with Crippen molar-refractivity contribution in [2.24, 2.45) is 11.5 Å². The van der Waals surface area contributed by atoms with Crippen LogP contribution in [0.3, 0.4) is 0 Å². The highest BCUT2D eigenvalue weighted by Gasteiger charge is 2.16. The van der Waals surface area contributed by atoms with Gasteiger partial charge in [-0.15, -0.1) is 22.7 Å². The van der Waals surface area contributed by atoms with Crippen molar-refractivity contribution in [2.75, 3.05) is 0 Å². The lowest BCUT2D eigenvalue weighted by atomic mass is 10.2. The molecule has 102 valence electrons. The fourth-order valence-corrected chi connectivity index (χ4v) is 3.03. The molecule has 0 spiro atoms. The summed E-state index contributed by atoms with van der Waals surface area (Å²) in [4.78, 5) is 23.9. The van der Waals surface area contributed by atoms with E-state index in [0.29, 0.717) is 4.88 Å². The van der Waals surface area contributed by atoms with Crippen molar-refractivity contribution >= 4 is 34.5 Å². The Labute approximate surface area is 122 Å². The first-order chi connectivity index (χ1) is 9.51. The third-order valence-electron chi connectivity index (χ3n) is 2.36. The first-order valence-electron chi connectivity index (χ1n) is 5.45. The molecule has 7 heteroatoms. The Bertz CT molecular complexity index is 703. The summed E-state index contributed by atoms with van der Waals surface area (Å²) in [5, 5.41) is 10.8. The summed E-state index contributed by atoms with van der Waals surface area (Å²) in [6.45, 7) is -0.0248. The van der Waals surface area contributed by atoms with Crippen molar-refractivity contribution in [3.05, 3.63) is 43.3 Å². The molecule has 2 amide bonds. The Hall–Kier alpha value is -2.14. The summed E-state index contributed by atoms with van der Waals surface area (Å²) in [5.41, 5.74) is 11.2. The standard InChI is InChI=1S/C13H10N2O3S2/c14-12(17)10-4-8(20-11(10)13(15)18)2-1-7-3-9(5-16)19-6-7/h3-4,6,16H,5H2,(H2,14,17)(H2,15,18). The van der Waals surface area contributed by atoms with Gasteiger partial charge in [-0.3, -0.25) is 9.59 Å². The molecule has 0 unspecified atom stereocenters. The van der Waals surface area contributed by atoms with Gasteiger partial charge in [0.1, 0.15) is 4.88 Å². The minimum atomic E-state index is -0.707. The molecule has 20 heavy (non-hydrogen) atoms. The minimum Gasteiger partial charge on any atom is -0.391 e. The SMILES string of the molecule is NC(=O)c1cc(C#Cc2csc(CO)c2)sc1C(N)=O. The largest absolute Gasteiger partial charge is 0.391 e. The van der Waals surface area contributed by atoms with Crippen LogP contribution in [0.2, 0.25) is 0 Å². The predicted octanol–water partition coefficient (Wildman–Crippen LogP) is 0.900. The van der Waals surface area contributed by atoms with E-state index in [9.17, 15) is 9.59 Å². The smallest absolute Gasteiger partial charge is 0.259 e. The Morgan fingerprint density at radius 3 is 2.45 bits per heavy atom.